The summed E-state index contributed by atoms with van der Waals surface area (Å²) in [5.41, 5.74) is 1.12. The molecule has 0 aliphatic carbocycles. The monoisotopic (exact) mass is 332 g/mol. The zero-order valence-corrected chi connectivity index (χ0v) is 14.6. The lowest BCUT2D eigenvalue weighted by molar-refractivity contribution is -0.148. The van der Waals surface area contributed by atoms with Gasteiger partial charge in [0.2, 0.25) is 5.91 Å². The van der Waals surface area contributed by atoms with Gasteiger partial charge >= 0.3 is 0 Å². The number of nitrogens with zero attached hydrogens (tertiary/aromatic N) is 2. The van der Waals surface area contributed by atoms with Crippen molar-refractivity contribution in [3.63, 3.8) is 0 Å². The second kappa shape index (κ2) is 7.53. The second-order valence-electron chi connectivity index (χ2n) is 7.22. The number of phenolic OH excluding ortho intramolecular Hbond substituents is 1. The lowest BCUT2D eigenvalue weighted by atomic mass is 9.94. The number of benzene rings is 1. The van der Waals surface area contributed by atoms with Crippen molar-refractivity contribution >= 4 is 5.91 Å². The van der Waals surface area contributed by atoms with Crippen molar-refractivity contribution in [2.75, 3.05) is 26.2 Å². The summed E-state index contributed by atoms with van der Waals surface area (Å²) in [6, 6.07) is 7.42. The maximum atomic E-state index is 12.8. The molecule has 3 rings (SSSR count). The van der Waals surface area contributed by atoms with Crippen LogP contribution in [0.4, 0.5) is 0 Å². The maximum Gasteiger partial charge on any atom is 0.225 e. The van der Waals surface area contributed by atoms with Crippen LogP contribution in [0.5, 0.6) is 5.75 Å². The van der Waals surface area contributed by atoms with Gasteiger partial charge in [-0.05, 0) is 57.5 Å². The van der Waals surface area contributed by atoms with Gasteiger partial charge in [-0.1, -0.05) is 12.1 Å². The molecule has 2 heterocycles. The number of carbonyl (C=O) groups is 1. The smallest absolute Gasteiger partial charge is 0.225 e. The van der Waals surface area contributed by atoms with Crippen molar-refractivity contribution in [1.29, 1.82) is 0 Å². The largest absolute Gasteiger partial charge is 0.508 e. The highest BCUT2D eigenvalue weighted by Gasteiger charge is 2.32. The van der Waals surface area contributed by atoms with E-state index in [1.807, 2.05) is 36.9 Å². The average molecular weight is 332 g/mol. The van der Waals surface area contributed by atoms with Crippen LogP contribution in [-0.4, -0.2) is 59.2 Å². The van der Waals surface area contributed by atoms with E-state index in [1.54, 1.807) is 6.07 Å². The minimum atomic E-state index is 0.128. The van der Waals surface area contributed by atoms with Crippen LogP contribution in [0.15, 0.2) is 24.3 Å². The number of aromatic hydroxyl groups is 1. The van der Waals surface area contributed by atoms with Gasteiger partial charge in [0.05, 0.1) is 12.2 Å². The molecule has 2 saturated heterocycles. The van der Waals surface area contributed by atoms with Crippen LogP contribution in [0, 0.1) is 5.92 Å². The topological polar surface area (TPSA) is 53.0 Å². The summed E-state index contributed by atoms with van der Waals surface area (Å²) in [6.45, 7) is 8.20. The Hall–Kier alpha value is -1.59. The van der Waals surface area contributed by atoms with Gasteiger partial charge in [0, 0.05) is 25.6 Å². The summed E-state index contributed by atoms with van der Waals surface area (Å²) < 4.78 is 5.72. The standard InChI is InChI=1S/C19H28N2O3/c1-14-11-21(12-15(2)24-14)19(23)17-6-8-20(9-7-17)13-16-4-3-5-18(22)10-16/h3-5,10,14-15,17,22H,6-9,11-13H2,1-2H3/t14-,15-/m0/s1. The number of amides is 1. The SMILES string of the molecule is C[C@H]1CN(C(=O)C2CCN(Cc3cccc(O)c3)CC2)C[C@H](C)O1. The number of hydrogen-bond donors (Lipinski definition) is 1. The summed E-state index contributed by atoms with van der Waals surface area (Å²) in [4.78, 5) is 17.1. The van der Waals surface area contributed by atoms with E-state index in [0.29, 0.717) is 24.7 Å². The number of likely N-dealkylation sites (tertiary alicyclic amines) is 1. The summed E-state index contributed by atoms with van der Waals surface area (Å²) in [7, 11) is 0. The van der Waals surface area contributed by atoms with Crippen molar-refractivity contribution in [3.8, 4) is 5.75 Å². The van der Waals surface area contributed by atoms with Gasteiger partial charge < -0.3 is 14.7 Å². The Balaban J connectivity index is 1.50. The number of hydrogen-bond acceptors (Lipinski definition) is 4. The van der Waals surface area contributed by atoms with E-state index >= 15 is 0 Å². The fraction of sp³-hybridized carbons (Fsp3) is 0.632. The summed E-state index contributed by atoms with van der Waals surface area (Å²) in [5.74, 6) is 0.755. The molecule has 1 aromatic carbocycles. The molecule has 24 heavy (non-hydrogen) atoms. The number of piperidine rings is 1. The molecule has 1 N–H and O–H groups in total. The second-order valence-corrected chi connectivity index (χ2v) is 7.22. The zero-order chi connectivity index (χ0) is 17.1. The summed E-state index contributed by atoms with van der Waals surface area (Å²) in [5, 5.41) is 9.57. The lowest BCUT2D eigenvalue weighted by Crippen LogP contribution is -2.51. The maximum absolute atomic E-state index is 12.8. The highest BCUT2D eigenvalue weighted by Crippen LogP contribution is 2.23. The number of ether oxygens (including phenoxy) is 1. The predicted molar refractivity (Wildman–Crippen MR) is 92.7 cm³/mol. The first-order valence-corrected chi connectivity index (χ1v) is 8.96. The van der Waals surface area contributed by atoms with E-state index < -0.39 is 0 Å². The molecule has 2 aliphatic rings. The zero-order valence-electron chi connectivity index (χ0n) is 14.6. The Morgan fingerprint density at radius 2 is 1.88 bits per heavy atom. The molecule has 1 aromatic rings. The highest BCUT2D eigenvalue weighted by molar-refractivity contribution is 5.79. The Morgan fingerprint density at radius 3 is 2.50 bits per heavy atom. The van der Waals surface area contributed by atoms with Crippen molar-refractivity contribution in [3.05, 3.63) is 29.8 Å². The van der Waals surface area contributed by atoms with Gasteiger partial charge in [-0.15, -0.1) is 0 Å². The minimum absolute atomic E-state index is 0.128. The summed E-state index contributed by atoms with van der Waals surface area (Å²) >= 11 is 0. The fourth-order valence-electron chi connectivity index (χ4n) is 3.87. The highest BCUT2D eigenvalue weighted by atomic mass is 16.5. The third-order valence-electron chi connectivity index (χ3n) is 4.98. The Morgan fingerprint density at radius 1 is 1.21 bits per heavy atom. The number of rotatable bonds is 3. The van der Waals surface area contributed by atoms with Gasteiger partial charge in [-0.2, -0.15) is 0 Å². The first-order chi connectivity index (χ1) is 11.5. The quantitative estimate of drug-likeness (QED) is 0.922. The van der Waals surface area contributed by atoms with E-state index in [0.717, 1.165) is 38.0 Å². The van der Waals surface area contributed by atoms with Gasteiger partial charge in [0.1, 0.15) is 5.75 Å². The lowest BCUT2D eigenvalue weighted by Gasteiger charge is -2.39. The molecule has 0 bridgehead atoms. The molecule has 0 unspecified atom stereocenters. The molecule has 5 nitrogen and oxygen atoms in total. The average Bonchev–Trinajstić information content (AvgIpc) is 2.54. The van der Waals surface area contributed by atoms with E-state index in [2.05, 4.69) is 4.90 Å². The van der Waals surface area contributed by atoms with Gasteiger partial charge in [-0.3, -0.25) is 9.69 Å². The van der Waals surface area contributed by atoms with E-state index in [9.17, 15) is 9.90 Å². The molecule has 0 saturated carbocycles. The van der Waals surface area contributed by atoms with Crippen molar-refractivity contribution in [1.82, 2.24) is 9.80 Å². The van der Waals surface area contributed by atoms with Crippen molar-refractivity contribution < 1.29 is 14.6 Å². The summed E-state index contributed by atoms with van der Waals surface area (Å²) in [6.07, 6.45) is 2.09. The third kappa shape index (κ3) is 4.28. The third-order valence-corrected chi connectivity index (χ3v) is 4.98. The molecule has 1 amide bonds. The predicted octanol–water partition coefficient (Wildman–Crippen LogP) is 2.24. The molecule has 0 radical (unpaired) electrons. The van der Waals surface area contributed by atoms with Crippen LogP contribution < -0.4 is 0 Å². The van der Waals surface area contributed by atoms with Crippen LogP contribution in [0.1, 0.15) is 32.3 Å². The molecule has 0 aromatic heterocycles. The first kappa shape index (κ1) is 17.2. The number of carbonyl (C=O) groups excluding carboxylic acids is 1. The van der Waals surface area contributed by atoms with Crippen molar-refractivity contribution in [2.45, 2.75) is 45.4 Å². The van der Waals surface area contributed by atoms with E-state index in [1.165, 1.54) is 0 Å². The van der Waals surface area contributed by atoms with Crippen LogP contribution in [0.3, 0.4) is 0 Å². The minimum Gasteiger partial charge on any atom is -0.508 e. The van der Waals surface area contributed by atoms with Gasteiger partial charge in [0.15, 0.2) is 0 Å². The van der Waals surface area contributed by atoms with Crippen LogP contribution >= 0.6 is 0 Å². The van der Waals surface area contributed by atoms with Gasteiger partial charge in [0.25, 0.3) is 0 Å². The Labute approximate surface area is 144 Å². The van der Waals surface area contributed by atoms with Crippen LogP contribution in [-0.2, 0) is 16.1 Å². The number of phenols is 1. The number of morpholine rings is 1. The van der Waals surface area contributed by atoms with Crippen LogP contribution in [0.2, 0.25) is 0 Å². The Kier molecular flexibility index (Phi) is 5.41. The van der Waals surface area contributed by atoms with E-state index in [-0.39, 0.29) is 18.1 Å². The molecule has 132 valence electrons. The molecule has 0 spiro atoms. The molecular formula is C19H28N2O3. The molecular weight excluding hydrogens is 304 g/mol. The fourth-order valence-corrected chi connectivity index (χ4v) is 3.87. The molecule has 2 fully saturated rings. The van der Waals surface area contributed by atoms with Crippen molar-refractivity contribution in [2.24, 2.45) is 5.92 Å². The molecule has 5 heteroatoms. The molecule has 2 atom stereocenters. The van der Waals surface area contributed by atoms with Gasteiger partial charge in [-0.25, -0.2) is 0 Å². The van der Waals surface area contributed by atoms with E-state index in [4.69, 9.17) is 4.74 Å². The first-order valence-electron chi connectivity index (χ1n) is 8.96. The van der Waals surface area contributed by atoms with Crippen LogP contribution in [0.25, 0.3) is 0 Å². The molecule has 2 aliphatic heterocycles. The Bertz CT molecular complexity index is 559. The normalized spacial score (nSPS) is 26.5.